The van der Waals surface area contributed by atoms with E-state index in [9.17, 15) is 13.2 Å². The second-order valence-corrected chi connectivity index (χ2v) is 9.44. The smallest absolute Gasteiger partial charge is 0.252 e. The van der Waals surface area contributed by atoms with Gasteiger partial charge in [-0.3, -0.25) is 4.79 Å². The highest BCUT2D eigenvalue weighted by Crippen LogP contribution is 2.31. The Morgan fingerprint density at radius 2 is 2.13 bits per heavy atom. The van der Waals surface area contributed by atoms with Gasteiger partial charge in [0.2, 0.25) is 5.91 Å². The zero-order valence-corrected chi connectivity index (χ0v) is 17.7. The molecule has 3 aromatic rings. The number of sulfone groups is 1. The maximum atomic E-state index is 13.0. The average Bonchev–Trinajstić information content (AvgIpc) is 3.21. The van der Waals surface area contributed by atoms with Crippen LogP contribution < -0.4 is 4.74 Å². The summed E-state index contributed by atoms with van der Waals surface area (Å²) in [7, 11) is -1.92. The first kappa shape index (κ1) is 20.3. The molecule has 2 aromatic heterocycles. The van der Waals surface area contributed by atoms with Crippen molar-refractivity contribution in [3.63, 3.8) is 0 Å². The maximum Gasteiger partial charge on any atom is 0.252 e. The fourth-order valence-corrected chi connectivity index (χ4v) is 4.81. The first-order valence-electron chi connectivity index (χ1n) is 9.66. The largest absolute Gasteiger partial charge is 0.497 e. The third kappa shape index (κ3) is 4.00. The quantitative estimate of drug-likeness (QED) is 0.605. The summed E-state index contributed by atoms with van der Waals surface area (Å²) in [5.41, 5.74) is 1.42. The molecular formula is C20H23N5O4S. The molecule has 1 amide bonds. The number of nitrogens with zero attached hydrogens (tertiary/aromatic N) is 5. The van der Waals surface area contributed by atoms with Gasteiger partial charge in [0, 0.05) is 25.3 Å². The monoisotopic (exact) mass is 429 g/mol. The van der Waals surface area contributed by atoms with E-state index >= 15 is 0 Å². The van der Waals surface area contributed by atoms with E-state index in [4.69, 9.17) is 4.74 Å². The zero-order valence-electron chi connectivity index (χ0n) is 16.9. The van der Waals surface area contributed by atoms with Crippen LogP contribution in [-0.4, -0.2) is 65.3 Å². The van der Waals surface area contributed by atoms with Gasteiger partial charge in [-0.1, -0.05) is 12.1 Å². The van der Waals surface area contributed by atoms with Crippen molar-refractivity contribution in [1.29, 1.82) is 0 Å². The van der Waals surface area contributed by atoms with Crippen LogP contribution in [0, 0.1) is 0 Å². The Morgan fingerprint density at radius 3 is 2.90 bits per heavy atom. The molecule has 0 saturated carbocycles. The van der Waals surface area contributed by atoms with E-state index in [1.54, 1.807) is 12.0 Å². The van der Waals surface area contributed by atoms with Gasteiger partial charge in [-0.05, 0) is 30.5 Å². The number of carbonyl (C=O) groups is 1. The van der Waals surface area contributed by atoms with Crippen LogP contribution in [0.15, 0.2) is 41.7 Å². The number of rotatable bonds is 5. The van der Waals surface area contributed by atoms with E-state index < -0.39 is 9.84 Å². The van der Waals surface area contributed by atoms with Crippen LogP contribution in [0.1, 0.15) is 30.0 Å². The fraction of sp³-hybridized carbons (Fsp3) is 0.400. The molecule has 0 aliphatic carbocycles. The van der Waals surface area contributed by atoms with Gasteiger partial charge in [0.05, 0.1) is 25.4 Å². The summed E-state index contributed by atoms with van der Waals surface area (Å²) in [5.74, 6) is 0.875. The van der Waals surface area contributed by atoms with Crippen molar-refractivity contribution in [2.75, 3.05) is 26.5 Å². The Hall–Kier alpha value is -3.01. The molecule has 1 saturated heterocycles. The van der Waals surface area contributed by atoms with Gasteiger partial charge in [0.1, 0.15) is 17.0 Å². The van der Waals surface area contributed by atoms with Gasteiger partial charge >= 0.3 is 0 Å². The van der Waals surface area contributed by atoms with Crippen molar-refractivity contribution >= 4 is 21.5 Å². The molecule has 10 heteroatoms. The van der Waals surface area contributed by atoms with Gasteiger partial charge in [0.25, 0.3) is 5.78 Å². The molecule has 0 unspecified atom stereocenters. The van der Waals surface area contributed by atoms with Crippen LogP contribution >= 0.6 is 0 Å². The molecule has 4 rings (SSSR count). The molecule has 1 aromatic carbocycles. The normalized spacial score (nSPS) is 17.3. The molecule has 0 N–H and O–H groups in total. The maximum absolute atomic E-state index is 13.0. The molecule has 0 bridgehead atoms. The highest BCUT2D eigenvalue weighted by molar-refractivity contribution is 7.90. The van der Waals surface area contributed by atoms with Crippen molar-refractivity contribution in [2.45, 2.75) is 30.1 Å². The van der Waals surface area contributed by atoms with Gasteiger partial charge in [-0.2, -0.15) is 14.6 Å². The van der Waals surface area contributed by atoms with Gasteiger partial charge in [-0.25, -0.2) is 13.4 Å². The fourth-order valence-electron chi connectivity index (χ4n) is 3.94. The summed E-state index contributed by atoms with van der Waals surface area (Å²) >= 11 is 0. The standard InChI is InChI=1S/C20H23N5O4S/c1-29-16-7-3-5-14(9-16)10-18(26)24-8-4-6-15(12-24)19-17(30(2,27)28)11-21-20-22-13-23-25(19)20/h3,5,7,9,11,13,15H,4,6,8,10,12H2,1-2H3/t15-/m0/s1. The number of fused-ring (bicyclic) bond motifs is 1. The summed E-state index contributed by atoms with van der Waals surface area (Å²) in [6.45, 7) is 1.06. The Labute approximate surface area is 174 Å². The first-order chi connectivity index (χ1) is 14.4. The van der Waals surface area contributed by atoms with E-state index in [1.807, 2.05) is 24.3 Å². The highest BCUT2D eigenvalue weighted by atomic mass is 32.2. The van der Waals surface area contributed by atoms with Gasteiger partial charge in [0.15, 0.2) is 9.84 Å². The lowest BCUT2D eigenvalue weighted by atomic mass is 9.94. The Kier molecular flexibility index (Phi) is 5.42. The van der Waals surface area contributed by atoms with Crippen LogP contribution in [0.5, 0.6) is 5.75 Å². The van der Waals surface area contributed by atoms with E-state index in [0.717, 1.165) is 24.7 Å². The molecular weight excluding hydrogens is 406 g/mol. The van der Waals surface area contributed by atoms with Crippen LogP contribution in [0.3, 0.4) is 0 Å². The Balaban J connectivity index is 1.61. The summed E-state index contributed by atoms with van der Waals surface area (Å²) in [6, 6.07) is 7.44. The summed E-state index contributed by atoms with van der Waals surface area (Å²) in [5, 5.41) is 4.19. The number of benzene rings is 1. The lowest BCUT2D eigenvalue weighted by Gasteiger charge is -2.33. The molecule has 1 fully saturated rings. The van der Waals surface area contributed by atoms with Crippen LogP contribution in [0.4, 0.5) is 0 Å². The van der Waals surface area contributed by atoms with Gasteiger partial charge in [-0.15, -0.1) is 0 Å². The lowest BCUT2D eigenvalue weighted by molar-refractivity contribution is -0.131. The third-order valence-electron chi connectivity index (χ3n) is 5.36. The summed E-state index contributed by atoms with van der Waals surface area (Å²) < 4.78 is 31.5. The van der Waals surface area contributed by atoms with Gasteiger partial charge < -0.3 is 9.64 Å². The van der Waals surface area contributed by atoms with Crippen molar-refractivity contribution in [1.82, 2.24) is 24.5 Å². The van der Waals surface area contributed by atoms with E-state index in [2.05, 4.69) is 15.1 Å². The Morgan fingerprint density at radius 1 is 1.30 bits per heavy atom. The number of ether oxygens (including phenoxy) is 1. The number of amides is 1. The number of carbonyl (C=O) groups excluding carboxylic acids is 1. The number of likely N-dealkylation sites (tertiary alicyclic amines) is 1. The first-order valence-corrected chi connectivity index (χ1v) is 11.6. The topological polar surface area (TPSA) is 107 Å². The second kappa shape index (κ2) is 8.02. The summed E-state index contributed by atoms with van der Waals surface area (Å²) in [4.78, 5) is 23.1. The second-order valence-electron chi connectivity index (χ2n) is 7.46. The van der Waals surface area contributed by atoms with E-state index in [0.29, 0.717) is 30.3 Å². The molecule has 0 radical (unpaired) electrons. The minimum Gasteiger partial charge on any atom is -0.497 e. The average molecular weight is 430 g/mol. The summed E-state index contributed by atoms with van der Waals surface area (Å²) in [6.07, 6.45) is 5.64. The number of aromatic nitrogens is 4. The molecule has 3 heterocycles. The minimum absolute atomic E-state index is 0.00208. The number of hydrogen-bond acceptors (Lipinski definition) is 7. The van der Waals surface area contributed by atoms with E-state index in [1.165, 1.54) is 17.0 Å². The molecule has 1 atom stereocenters. The number of methoxy groups -OCH3 is 1. The van der Waals surface area contributed by atoms with Crippen molar-refractivity contribution in [3.8, 4) is 5.75 Å². The van der Waals surface area contributed by atoms with Crippen molar-refractivity contribution < 1.29 is 17.9 Å². The van der Waals surface area contributed by atoms with E-state index in [-0.39, 0.29) is 23.1 Å². The SMILES string of the molecule is COc1cccc(CC(=O)N2CCC[C@H](c3c(S(C)(=O)=O)cnc4ncnn34)C2)c1. The van der Waals surface area contributed by atoms with Crippen LogP contribution in [0.2, 0.25) is 0 Å². The molecule has 0 spiro atoms. The highest BCUT2D eigenvalue weighted by Gasteiger charge is 2.31. The number of hydrogen-bond donors (Lipinski definition) is 0. The molecule has 1 aliphatic rings. The van der Waals surface area contributed by atoms with Crippen LogP contribution in [-0.2, 0) is 21.1 Å². The lowest BCUT2D eigenvalue weighted by Crippen LogP contribution is -2.40. The number of piperidine rings is 1. The minimum atomic E-state index is -3.51. The Bertz CT molecular complexity index is 1190. The van der Waals surface area contributed by atoms with Crippen molar-refractivity contribution in [2.24, 2.45) is 0 Å². The molecule has 1 aliphatic heterocycles. The van der Waals surface area contributed by atoms with Crippen LogP contribution in [0.25, 0.3) is 5.78 Å². The van der Waals surface area contributed by atoms with Crippen molar-refractivity contribution in [3.05, 3.63) is 48.0 Å². The predicted molar refractivity (Wildman–Crippen MR) is 109 cm³/mol. The predicted octanol–water partition coefficient (Wildman–Crippen LogP) is 1.49. The zero-order chi connectivity index (χ0) is 21.3. The third-order valence-corrected chi connectivity index (χ3v) is 6.47. The molecule has 158 valence electrons. The molecule has 30 heavy (non-hydrogen) atoms. The molecule has 9 nitrogen and oxygen atoms in total.